The molecule has 1 fully saturated rings. The molecule has 0 aromatic carbocycles. The van der Waals surface area contributed by atoms with Crippen molar-refractivity contribution < 1.29 is 5.11 Å². The number of likely N-dealkylation sites (tertiary alicyclic amines) is 1. The zero-order chi connectivity index (χ0) is 11.3. The molecule has 3 unspecified atom stereocenters. The molecule has 0 aromatic heterocycles. The first-order chi connectivity index (χ1) is 7.15. The van der Waals surface area contributed by atoms with E-state index in [1.54, 1.807) is 0 Å². The van der Waals surface area contributed by atoms with Crippen molar-refractivity contribution in [3.8, 4) is 0 Å². The SMILES string of the molecule is CCC(O)CCCN1C(C)CCCC1C. The van der Waals surface area contributed by atoms with Crippen molar-refractivity contribution in [2.75, 3.05) is 6.54 Å². The molecule has 1 heterocycles. The summed E-state index contributed by atoms with van der Waals surface area (Å²) >= 11 is 0. The molecule has 2 nitrogen and oxygen atoms in total. The van der Waals surface area contributed by atoms with Gasteiger partial charge in [-0.2, -0.15) is 0 Å². The molecule has 0 spiro atoms. The molecule has 90 valence electrons. The summed E-state index contributed by atoms with van der Waals surface area (Å²) in [7, 11) is 0. The van der Waals surface area contributed by atoms with Crippen LogP contribution in [0.5, 0.6) is 0 Å². The molecule has 1 saturated heterocycles. The molecule has 1 N–H and O–H groups in total. The predicted molar refractivity (Wildman–Crippen MR) is 65.0 cm³/mol. The van der Waals surface area contributed by atoms with Crippen LogP contribution in [0.3, 0.4) is 0 Å². The molecule has 0 radical (unpaired) electrons. The predicted octanol–water partition coefficient (Wildman–Crippen LogP) is 2.80. The van der Waals surface area contributed by atoms with E-state index in [9.17, 15) is 5.11 Å². The second-order valence-electron chi connectivity index (χ2n) is 5.07. The smallest absolute Gasteiger partial charge is 0.0538 e. The van der Waals surface area contributed by atoms with Crippen molar-refractivity contribution in [3.05, 3.63) is 0 Å². The van der Waals surface area contributed by atoms with Gasteiger partial charge in [0, 0.05) is 12.1 Å². The Labute approximate surface area is 94.7 Å². The first-order valence-corrected chi connectivity index (χ1v) is 6.59. The van der Waals surface area contributed by atoms with E-state index in [0.717, 1.165) is 31.3 Å². The lowest BCUT2D eigenvalue weighted by Crippen LogP contribution is -2.44. The van der Waals surface area contributed by atoms with Gasteiger partial charge in [-0.1, -0.05) is 13.3 Å². The molecular weight excluding hydrogens is 186 g/mol. The summed E-state index contributed by atoms with van der Waals surface area (Å²) in [4.78, 5) is 2.62. The molecule has 0 saturated carbocycles. The molecule has 0 bridgehead atoms. The summed E-state index contributed by atoms with van der Waals surface area (Å²) in [5, 5.41) is 9.50. The Hall–Kier alpha value is -0.0800. The number of aliphatic hydroxyl groups is 1. The Kier molecular flexibility index (Phi) is 5.62. The first kappa shape index (κ1) is 13.0. The van der Waals surface area contributed by atoms with Crippen LogP contribution in [0.4, 0.5) is 0 Å². The highest BCUT2D eigenvalue weighted by Gasteiger charge is 2.23. The normalized spacial score (nSPS) is 30.4. The van der Waals surface area contributed by atoms with Crippen LogP contribution in [0.1, 0.15) is 59.3 Å². The number of aliphatic hydroxyl groups excluding tert-OH is 1. The molecule has 1 rings (SSSR count). The summed E-state index contributed by atoms with van der Waals surface area (Å²) in [6.07, 6.45) is 7.00. The average molecular weight is 213 g/mol. The van der Waals surface area contributed by atoms with Crippen LogP contribution >= 0.6 is 0 Å². The molecule has 0 amide bonds. The molecule has 1 aliphatic rings. The van der Waals surface area contributed by atoms with Crippen molar-refractivity contribution in [1.29, 1.82) is 0 Å². The fraction of sp³-hybridized carbons (Fsp3) is 1.00. The lowest BCUT2D eigenvalue weighted by atomic mass is 9.97. The number of rotatable bonds is 5. The van der Waals surface area contributed by atoms with Gasteiger partial charge in [-0.3, -0.25) is 4.90 Å². The van der Waals surface area contributed by atoms with Gasteiger partial charge in [0.15, 0.2) is 0 Å². The highest BCUT2D eigenvalue weighted by Crippen LogP contribution is 2.22. The van der Waals surface area contributed by atoms with E-state index in [1.165, 1.54) is 25.8 Å². The maximum Gasteiger partial charge on any atom is 0.0538 e. The van der Waals surface area contributed by atoms with Crippen molar-refractivity contribution in [3.63, 3.8) is 0 Å². The molecule has 1 aliphatic heterocycles. The van der Waals surface area contributed by atoms with E-state index in [-0.39, 0.29) is 6.10 Å². The fourth-order valence-corrected chi connectivity index (χ4v) is 2.63. The van der Waals surface area contributed by atoms with E-state index in [0.29, 0.717) is 0 Å². The average Bonchev–Trinajstić information content (AvgIpc) is 2.22. The fourth-order valence-electron chi connectivity index (χ4n) is 2.63. The van der Waals surface area contributed by atoms with E-state index in [1.807, 2.05) is 0 Å². The first-order valence-electron chi connectivity index (χ1n) is 6.59. The van der Waals surface area contributed by atoms with Gasteiger partial charge in [0.25, 0.3) is 0 Å². The van der Waals surface area contributed by atoms with E-state index < -0.39 is 0 Å². The van der Waals surface area contributed by atoms with Crippen LogP contribution in [-0.2, 0) is 0 Å². The van der Waals surface area contributed by atoms with Crippen molar-refractivity contribution in [2.45, 2.75) is 77.5 Å². The summed E-state index contributed by atoms with van der Waals surface area (Å²) in [6.45, 7) is 7.90. The van der Waals surface area contributed by atoms with Gasteiger partial charge in [-0.25, -0.2) is 0 Å². The third-order valence-corrected chi connectivity index (χ3v) is 3.80. The Morgan fingerprint density at radius 3 is 2.40 bits per heavy atom. The van der Waals surface area contributed by atoms with Crippen LogP contribution in [-0.4, -0.2) is 34.7 Å². The Bertz CT molecular complexity index is 162. The topological polar surface area (TPSA) is 23.5 Å². The third kappa shape index (κ3) is 4.12. The van der Waals surface area contributed by atoms with E-state index in [4.69, 9.17) is 0 Å². The second kappa shape index (κ2) is 6.49. The van der Waals surface area contributed by atoms with Gasteiger partial charge in [0.1, 0.15) is 0 Å². The zero-order valence-corrected chi connectivity index (χ0v) is 10.6. The Balaban J connectivity index is 2.23. The van der Waals surface area contributed by atoms with Gasteiger partial charge in [-0.05, 0) is 52.5 Å². The molecular formula is C13H27NO. The minimum Gasteiger partial charge on any atom is -0.393 e. The number of nitrogens with zero attached hydrogens (tertiary/aromatic N) is 1. The van der Waals surface area contributed by atoms with Crippen LogP contribution in [0.25, 0.3) is 0 Å². The molecule has 0 aromatic rings. The number of hydrogen-bond acceptors (Lipinski definition) is 2. The van der Waals surface area contributed by atoms with Gasteiger partial charge >= 0.3 is 0 Å². The summed E-state index contributed by atoms with van der Waals surface area (Å²) < 4.78 is 0. The highest BCUT2D eigenvalue weighted by molar-refractivity contribution is 4.79. The monoisotopic (exact) mass is 213 g/mol. The number of hydrogen-bond donors (Lipinski definition) is 1. The van der Waals surface area contributed by atoms with Crippen molar-refractivity contribution in [2.24, 2.45) is 0 Å². The zero-order valence-electron chi connectivity index (χ0n) is 10.6. The van der Waals surface area contributed by atoms with Crippen LogP contribution in [0.15, 0.2) is 0 Å². The van der Waals surface area contributed by atoms with E-state index in [2.05, 4.69) is 25.7 Å². The summed E-state index contributed by atoms with van der Waals surface area (Å²) in [5.41, 5.74) is 0. The molecule has 2 heteroatoms. The van der Waals surface area contributed by atoms with Crippen molar-refractivity contribution >= 4 is 0 Å². The lowest BCUT2D eigenvalue weighted by Gasteiger charge is -2.39. The van der Waals surface area contributed by atoms with Crippen LogP contribution in [0, 0.1) is 0 Å². The van der Waals surface area contributed by atoms with Gasteiger partial charge in [0.05, 0.1) is 6.10 Å². The third-order valence-electron chi connectivity index (χ3n) is 3.80. The lowest BCUT2D eigenvalue weighted by molar-refractivity contribution is 0.0903. The Morgan fingerprint density at radius 1 is 1.27 bits per heavy atom. The minimum absolute atomic E-state index is 0.0830. The molecule has 0 aliphatic carbocycles. The Morgan fingerprint density at radius 2 is 1.87 bits per heavy atom. The highest BCUT2D eigenvalue weighted by atomic mass is 16.3. The maximum atomic E-state index is 9.50. The molecule has 3 atom stereocenters. The van der Waals surface area contributed by atoms with Gasteiger partial charge in [0.2, 0.25) is 0 Å². The standard InChI is InChI=1S/C13H27NO/c1-4-13(15)9-6-10-14-11(2)7-5-8-12(14)3/h11-13,15H,4-10H2,1-3H3. The van der Waals surface area contributed by atoms with Gasteiger partial charge in [-0.15, -0.1) is 0 Å². The molecule has 15 heavy (non-hydrogen) atoms. The summed E-state index contributed by atoms with van der Waals surface area (Å²) in [5.74, 6) is 0. The maximum absolute atomic E-state index is 9.50. The minimum atomic E-state index is -0.0830. The quantitative estimate of drug-likeness (QED) is 0.759. The van der Waals surface area contributed by atoms with Crippen LogP contribution in [0.2, 0.25) is 0 Å². The number of piperidine rings is 1. The summed E-state index contributed by atoms with van der Waals surface area (Å²) in [6, 6.07) is 1.49. The van der Waals surface area contributed by atoms with E-state index >= 15 is 0 Å². The van der Waals surface area contributed by atoms with Gasteiger partial charge < -0.3 is 5.11 Å². The van der Waals surface area contributed by atoms with Crippen LogP contribution < -0.4 is 0 Å². The van der Waals surface area contributed by atoms with Crippen molar-refractivity contribution in [1.82, 2.24) is 4.90 Å². The second-order valence-corrected chi connectivity index (χ2v) is 5.07. The largest absolute Gasteiger partial charge is 0.393 e.